The molecule has 1 aromatic heterocycles. The van der Waals surface area contributed by atoms with Crippen molar-refractivity contribution in [1.29, 1.82) is 0 Å². The first kappa shape index (κ1) is 26.0. The van der Waals surface area contributed by atoms with Crippen LogP contribution in [0.1, 0.15) is 58.2 Å². The summed E-state index contributed by atoms with van der Waals surface area (Å²) in [5.74, 6) is 1.28. The average molecular weight is 519 g/mol. The maximum absolute atomic E-state index is 12.9. The normalized spacial score (nSPS) is 11.0. The van der Waals surface area contributed by atoms with Gasteiger partial charge in [0.15, 0.2) is 11.0 Å². The Morgan fingerprint density at radius 1 is 1.00 bits per heavy atom. The predicted octanol–water partition coefficient (Wildman–Crippen LogP) is 7.10. The molecular weight excluding hydrogens is 488 g/mol. The number of amides is 1. The van der Waals surface area contributed by atoms with Gasteiger partial charge >= 0.3 is 0 Å². The molecule has 0 aliphatic carbocycles. The molecule has 4 aromatic rings. The summed E-state index contributed by atoms with van der Waals surface area (Å²) in [4.78, 5) is 12.9. The number of hydrogen-bond acceptors (Lipinski definition) is 4. The van der Waals surface area contributed by atoms with Crippen molar-refractivity contribution in [3.05, 3.63) is 105 Å². The molecule has 0 bridgehead atoms. The van der Waals surface area contributed by atoms with E-state index in [1.54, 1.807) is 11.8 Å². The second kappa shape index (κ2) is 12.2. The van der Waals surface area contributed by atoms with Gasteiger partial charge in [-0.15, -0.1) is 10.2 Å². The van der Waals surface area contributed by atoms with Crippen LogP contribution in [-0.4, -0.2) is 20.7 Å². The first-order valence-electron chi connectivity index (χ1n) is 12.2. The highest BCUT2D eigenvalue weighted by Gasteiger charge is 2.18. The van der Waals surface area contributed by atoms with Crippen LogP contribution < -0.4 is 5.32 Å². The van der Waals surface area contributed by atoms with Crippen LogP contribution in [0.3, 0.4) is 0 Å². The van der Waals surface area contributed by atoms with E-state index < -0.39 is 0 Å². The van der Waals surface area contributed by atoms with Gasteiger partial charge in [0.1, 0.15) is 0 Å². The van der Waals surface area contributed by atoms with Crippen LogP contribution in [0.5, 0.6) is 0 Å². The molecule has 0 saturated heterocycles. The number of nitrogens with one attached hydrogen (secondary N) is 1. The molecule has 1 heterocycles. The van der Waals surface area contributed by atoms with Crippen molar-refractivity contribution in [3.8, 4) is 5.69 Å². The lowest BCUT2D eigenvalue weighted by Crippen LogP contribution is -2.24. The van der Waals surface area contributed by atoms with Gasteiger partial charge in [0.25, 0.3) is 5.91 Å². The molecule has 0 aliphatic rings. The summed E-state index contributed by atoms with van der Waals surface area (Å²) >= 11 is 7.96. The van der Waals surface area contributed by atoms with Crippen LogP contribution in [0.25, 0.3) is 5.69 Å². The summed E-state index contributed by atoms with van der Waals surface area (Å²) in [6.07, 6.45) is 3.33. The SMILES string of the molecule is CCCCc1ccc(C(=O)NCc2nnc(SCc3cccc(C)c3)n2-c2cc(Cl)ccc2C)cc1. The van der Waals surface area contributed by atoms with Crippen molar-refractivity contribution in [3.63, 3.8) is 0 Å². The van der Waals surface area contributed by atoms with Gasteiger partial charge in [0.05, 0.1) is 12.2 Å². The number of hydrogen-bond donors (Lipinski definition) is 1. The maximum atomic E-state index is 12.9. The van der Waals surface area contributed by atoms with Crippen molar-refractivity contribution >= 4 is 29.3 Å². The highest BCUT2D eigenvalue weighted by molar-refractivity contribution is 7.98. The lowest BCUT2D eigenvalue weighted by molar-refractivity contribution is 0.0949. The van der Waals surface area contributed by atoms with Gasteiger partial charge in [0.2, 0.25) is 0 Å². The number of thioether (sulfide) groups is 1. The molecule has 186 valence electrons. The minimum Gasteiger partial charge on any atom is -0.345 e. The molecule has 36 heavy (non-hydrogen) atoms. The molecule has 0 radical (unpaired) electrons. The first-order valence-corrected chi connectivity index (χ1v) is 13.6. The van der Waals surface area contributed by atoms with E-state index in [9.17, 15) is 4.79 Å². The second-order valence-corrected chi connectivity index (χ2v) is 10.3. The van der Waals surface area contributed by atoms with Gasteiger partial charge < -0.3 is 5.32 Å². The van der Waals surface area contributed by atoms with Gasteiger partial charge in [0, 0.05) is 16.3 Å². The van der Waals surface area contributed by atoms with Crippen LogP contribution in [0.4, 0.5) is 0 Å². The van der Waals surface area contributed by atoms with Crippen molar-refractivity contribution in [1.82, 2.24) is 20.1 Å². The molecule has 5 nitrogen and oxygen atoms in total. The third-order valence-corrected chi connectivity index (χ3v) is 7.24. The molecule has 7 heteroatoms. The Bertz CT molecular complexity index is 1330. The topological polar surface area (TPSA) is 59.8 Å². The number of halogens is 1. The van der Waals surface area contributed by atoms with E-state index in [1.807, 2.05) is 54.0 Å². The van der Waals surface area contributed by atoms with Crippen LogP contribution in [0.2, 0.25) is 5.02 Å². The van der Waals surface area contributed by atoms with Crippen LogP contribution >= 0.6 is 23.4 Å². The summed E-state index contributed by atoms with van der Waals surface area (Å²) in [6.45, 7) is 6.55. The van der Waals surface area contributed by atoms with Gasteiger partial charge in [-0.1, -0.05) is 84.7 Å². The Hall–Kier alpha value is -3.09. The summed E-state index contributed by atoms with van der Waals surface area (Å²) in [5.41, 5.74) is 6.28. The molecule has 1 N–H and O–H groups in total. The van der Waals surface area contributed by atoms with Gasteiger partial charge in [-0.05, 0) is 67.6 Å². The zero-order chi connectivity index (χ0) is 25.5. The Morgan fingerprint density at radius 2 is 1.81 bits per heavy atom. The maximum Gasteiger partial charge on any atom is 0.251 e. The number of aromatic nitrogens is 3. The summed E-state index contributed by atoms with van der Waals surface area (Å²) in [7, 11) is 0. The molecule has 0 fully saturated rings. The molecule has 0 unspecified atom stereocenters. The zero-order valence-corrected chi connectivity index (χ0v) is 22.5. The monoisotopic (exact) mass is 518 g/mol. The molecule has 0 spiro atoms. The standard InChI is InChI=1S/C29H31ClN4OS/c1-4-5-8-22-11-13-24(14-12-22)28(35)31-18-27-32-33-29(36-19-23-9-6-7-20(2)16-23)34(27)26-17-25(30)15-10-21(26)3/h6-7,9-17H,4-5,8,18-19H2,1-3H3,(H,31,35). The van der Waals surface area contributed by atoms with Crippen molar-refractivity contribution < 1.29 is 4.79 Å². The summed E-state index contributed by atoms with van der Waals surface area (Å²) in [6, 6.07) is 22.0. The molecule has 3 aromatic carbocycles. The quantitative estimate of drug-likeness (QED) is 0.227. The highest BCUT2D eigenvalue weighted by atomic mass is 35.5. The third-order valence-electron chi connectivity index (χ3n) is 6.01. The number of unbranched alkanes of at least 4 members (excludes halogenated alkanes) is 1. The van der Waals surface area contributed by atoms with Gasteiger partial charge in [-0.25, -0.2) is 0 Å². The number of aryl methyl sites for hydroxylation is 3. The predicted molar refractivity (Wildman–Crippen MR) is 148 cm³/mol. The number of rotatable bonds is 10. The molecule has 0 aliphatic heterocycles. The number of carbonyl (C=O) groups excluding carboxylic acids is 1. The van der Waals surface area contributed by atoms with Crippen LogP contribution in [0.15, 0.2) is 71.9 Å². The van der Waals surface area contributed by atoms with Crippen molar-refractivity contribution in [2.24, 2.45) is 0 Å². The Morgan fingerprint density at radius 3 is 2.56 bits per heavy atom. The van der Waals surface area contributed by atoms with Crippen LogP contribution in [0, 0.1) is 13.8 Å². The van der Waals surface area contributed by atoms with E-state index in [0.29, 0.717) is 16.4 Å². The highest BCUT2D eigenvalue weighted by Crippen LogP contribution is 2.28. The van der Waals surface area contributed by atoms with Gasteiger partial charge in [-0.2, -0.15) is 0 Å². The van der Waals surface area contributed by atoms with E-state index in [1.165, 1.54) is 16.7 Å². The second-order valence-electron chi connectivity index (χ2n) is 8.93. The van der Waals surface area contributed by atoms with E-state index in [0.717, 1.165) is 41.4 Å². The minimum absolute atomic E-state index is 0.136. The molecular formula is C29H31ClN4OS. The lowest BCUT2D eigenvalue weighted by atomic mass is 10.1. The third kappa shape index (κ3) is 6.56. The Kier molecular flexibility index (Phi) is 8.83. The fraction of sp³-hybridized carbons (Fsp3) is 0.276. The fourth-order valence-corrected chi connectivity index (χ4v) is 5.06. The van der Waals surface area contributed by atoms with E-state index >= 15 is 0 Å². The molecule has 0 atom stereocenters. The smallest absolute Gasteiger partial charge is 0.251 e. The largest absolute Gasteiger partial charge is 0.345 e. The van der Waals surface area contributed by atoms with Crippen molar-refractivity contribution in [2.45, 2.75) is 57.5 Å². The summed E-state index contributed by atoms with van der Waals surface area (Å²) in [5, 5.41) is 13.3. The van der Waals surface area contributed by atoms with Crippen molar-refractivity contribution in [2.75, 3.05) is 0 Å². The average Bonchev–Trinajstić information content (AvgIpc) is 3.29. The van der Waals surface area contributed by atoms with E-state index in [2.05, 4.69) is 53.6 Å². The first-order chi connectivity index (χ1) is 17.4. The fourth-order valence-electron chi connectivity index (χ4n) is 3.99. The number of carbonyl (C=O) groups is 1. The minimum atomic E-state index is -0.136. The van der Waals surface area contributed by atoms with Gasteiger partial charge in [-0.3, -0.25) is 9.36 Å². The zero-order valence-electron chi connectivity index (χ0n) is 20.9. The molecule has 0 saturated carbocycles. The number of benzene rings is 3. The summed E-state index contributed by atoms with van der Waals surface area (Å²) < 4.78 is 2.00. The molecule has 4 rings (SSSR count). The Labute approximate surface area is 222 Å². The van der Waals surface area contributed by atoms with E-state index in [-0.39, 0.29) is 12.5 Å². The van der Waals surface area contributed by atoms with Crippen LogP contribution in [-0.2, 0) is 18.7 Å². The number of nitrogens with zero attached hydrogens (tertiary/aromatic N) is 3. The Balaban J connectivity index is 1.55. The lowest BCUT2D eigenvalue weighted by Gasteiger charge is -2.14. The van der Waals surface area contributed by atoms with E-state index in [4.69, 9.17) is 11.6 Å². The molecule has 1 amide bonds.